The van der Waals surface area contributed by atoms with Gasteiger partial charge in [0.2, 0.25) is 5.91 Å². The van der Waals surface area contributed by atoms with E-state index in [9.17, 15) is 9.59 Å². The number of carbonyl (C=O) groups is 2. The van der Waals surface area contributed by atoms with E-state index in [0.717, 1.165) is 5.56 Å². The van der Waals surface area contributed by atoms with E-state index in [1.54, 1.807) is 29.9 Å². The predicted molar refractivity (Wildman–Crippen MR) is 96.4 cm³/mol. The highest BCUT2D eigenvalue weighted by atomic mass is 32.1. The maximum Gasteiger partial charge on any atom is 0.253 e. The largest absolute Gasteiger partial charge is 0.340 e. The number of thiazole rings is 1. The number of carbonyl (C=O) groups excluding carboxylic acids is 2. The van der Waals surface area contributed by atoms with E-state index < -0.39 is 6.04 Å². The third-order valence-corrected chi connectivity index (χ3v) is 4.18. The Kier molecular flexibility index (Phi) is 5.48. The zero-order chi connectivity index (χ0) is 17.5. The predicted octanol–water partition coefficient (Wildman–Crippen LogP) is 2.52. The molecule has 1 unspecified atom stereocenters. The summed E-state index contributed by atoms with van der Waals surface area (Å²) in [6.45, 7) is 0. The Labute approximate surface area is 149 Å². The molecule has 3 aromatic rings. The average Bonchev–Trinajstić information content (AvgIpc) is 3.15. The van der Waals surface area contributed by atoms with Gasteiger partial charge in [-0.15, -0.1) is 11.3 Å². The fourth-order valence-corrected chi connectivity index (χ4v) is 2.81. The van der Waals surface area contributed by atoms with Gasteiger partial charge in [0.15, 0.2) is 5.13 Å². The highest BCUT2D eigenvalue weighted by Crippen LogP contribution is 2.12. The number of hydrogen-bond acceptors (Lipinski definition) is 5. The lowest BCUT2D eigenvalue weighted by Crippen LogP contribution is -2.45. The van der Waals surface area contributed by atoms with Gasteiger partial charge in [-0.25, -0.2) is 4.98 Å². The van der Waals surface area contributed by atoms with Crippen LogP contribution in [-0.2, 0) is 11.2 Å². The number of nitrogens with one attached hydrogen (secondary N) is 2. The quantitative estimate of drug-likeness (QED) is 0.714. The van der Waals surface area contributed by atoms with Crippen LogP contribution in [0.5, 0.6) is 0 Å². The molecule has 7 heteroatoms. The van der Waals surface area contributed by atoms with E-state index in [1.165, 1.54) is 17.5 Å². The minimum absolute atomic E-state index is 0.309. The third kappa shape index (κ3) is 4.71. The molecule has 2 N–H and O–H groups in total. The molecule has 2 heterocycles. The van der Waals surface area contributed by atoms with Gasteiger partial charge in [-0.3, -0.25) is 14.6 Å². The lowest BCUT2D eigenvalue weighted by Gasteiger charge is -2.18. The summed E-state index contributed by atoms with van der Waals surface area (Å²) in [6.07, 6.45) is 5.05. The van der Waals surface area contributed by atoms with Crippen molar-refractivity contribution in [3.63, 3.8) is 0 Å². The first-order valence-corrected chi connectivity index (χ1v) is 8.55. The van der Waals surface area contributed by atoms with Crippen LogP contribution in [0.1, 0.15) is 15.9 Å². The topological polar surface area (TPSA) is 84.0 Å². The van der Waals surface area contributed by atoms with E-state index in [0.29, 0.717) is 17.1 Å². The molecule has 6 nitrogen and oxygen atoms in total. The number of amides is 2. The van der Waals surface area contributed by atoms with Gasteiger partial charge >= 0.3 is 0 Å². The van der Waals surface area contributed by atoms with Crippen LogP contribution >= 0.6 is 11.3 Å². The van der Waals surface area contributed by atoms with Crippen molar-refractivity contribution in [2.45, 2.75) is 12.5 Å². The zero-order valence-electron chi connectivity index (χ0n) is 13.3. The van der Waals surface area contributed by atoms with Gasteiger partial charge in [0.25, 0.3) is 5.91 Å². The van der Waals surface area contributed by atoms with Crippen molar-refractivity contribution in [2.24, 2.45) is 0 Å². The number of hydrogen-bond donors (Lipinski definition) is 2. The van der Waals surface area contributed by atoms with Crippen molar-refractivity contribution in [2.75, 3.05) is 5.32 Å². The van der Waals surface area contributed by atoms with Gasteiger partial charge in [0.05, 0.1) is 5.56 Å². The van der Waals surface area contributed by atoms with Gasteiger partial charge in [0, 0.05) is 30.4 Å². The molecule has 0 aliphatic heterocycles. The maximum absolute atomic E-state index is 12.6. The summed E-state index contributed by atoms with van der Waals surface area (Å²) in [5.41, 5.74) is 1.36. The molecule has 0 fully saturated rings. The van der Waals surface area contributed by atoms with E-state index in [1.807, 2.05) is 30.3 Å². The number of rotatable bonds is 6. The Balaban J connectivity index is 1.76. The summed E-state index contributed by atoms with van der Waals surface area (Å²) in [4.78, 5) is 33.0. The van der Waals surface area contributed by atoms with Crippen molar-refractivity contribution >= 4 is 28.3 Å². The average molecular weight is 352 g/mol. The molecule has 0 aliphatic carbocycles. The van der Waals surface area contributed by atoms with E-state index >= 15 is 0 Å². The number of anilines is 1. The minimum atomic E-state index is -0.723. The molecule has 0 spiro atoms. The van der Waals surface area contributed by atoms with Crippen LogP contribution in [-0.4, -0.2) is 27.8 Å². The summed E-state index contributed by atoms with van der Waals surface area (Å²) >= 11 is 1.32. The van der Waals surface area contributed by atoms with E-state index in [4.69, 9.17) is 0 Å². The van der Waals surface area contributed by atoms with Crippen LogP contribution < -0.4 is 10.6 Å². The van der Waals surface area contributed by atoms with Crippen LogP contribution in [0, 0.1) is 0 Å². The summed E-state index contributed by atoms with van der Waals surface area (Å²) in [6, 6.07) is 12.1. The summed E-state index contributed by atoms with van der Waals surface area (Å²) in [5, 5.41) is 7.79. The van der Waals surface area contributed by atoms with Crippen LogP contribution in [0.2, 0.25) is 0 Å². The number of nitrogens with zero attached hydrogens (tertiary/aromatic N) is 2. The Bertz CT molecular complexity index is 823. The first-order chi connectivity index (χ1) is 12.2. The summed E-state index contributed by atoms with van der Waals surface area (Å²) < 4.78 is 0. The molecule has 0 bridgehead atoms. The first kappa shape index (κ1) is 16.8. The molecule has 1 aromatic carbocycles. The van der Waals surface area contributed by atoms with Crippen molar-refractivity contribution in [3.8, 4) is 0 Å². The second-order valence-electron chi connectivity index (χ2n) is 5.28. The highest BCUT2D eigenvalue weighted by molar-refractivity contribution is 7.13. The SMILES string of the molecule is O=C(NC(Cc1ccccc1)C(=O)Nc1nccs1)c1cccnc1. The first-order valence-electron chi connectivity index (χ1n) is 7.67. The molecule has 126 valence electrons. The Morgan fingerprint density at radius 1 is 1.08 bits per heavy atom. The normalized spacial score (nSPS) is 11.5. The number of aromatic nitrogens is 2. The standard InChI is InChI=1S/C18H16N4O2S/c23-16(14-7-4-8-19-12-14)21-15(11-13-5-2-1-3-6-13)17(24)22-18-20-9-10-25-18/h1-10,12,15H,11H2,(H,21,23)(H,20,22,24). The van der Waals surface area contributed by atoms with Crippen LogP contribution in [0.4, 0.5) is 5.13 Å². The van der Waals surface area contributed by atoms with Crippen LogP contribution in [0.25, 0.3) is 0 Å². The Hall–Kier alpha value is -3.06. The second kappa shape index (κ2) is 8.16. The zero-order valence-corrected chi connectivity index (χ0v) is 14.1. The van der Waals surface area contributed by atoms with Gasteiger partial charge in [0.1, 0.15) is 6.04 Å². The second-order valence-corrected chi connectivity index (χ2v) is 6.18. The minimum Gasteiger partial charge on any atom is -0.340 e. The Morgan fingerprint density at radius 2 is 1.92 bits per heavy atom. The lowest BCUT2D eigenvalue weighted by molar-refractivity contribution is -0.118. The fourth-order valence-electron chi connectivity index (χ4n) is 2.28. The monoisotopic (exact) mass is 352 g/mol. The van der Waals surface area contributed by atoms with Crippen molar-refractivity contribution < 1.29 is 9.59 Å². The molecule has 0 radical (unpaired) electrons. The molecular weight excluding hydrogens is 336 g/mol. The van der Waals surface area contributed by atoms with Gasteiger partial charge in [-0.05, 0) is 17.7 Å². The maximum atomic E-state index is 12.6. The van der Waals surface area contributed by atoms with Crippen molar-refractivity contribution in [3.05, 3.63) is 77.6 Å². The highest BCUT2D eigenvalue weighted by Gasteiger charge is 2.22. The van der Waals surface area contributed by atoms with Crippen molar-refractivity contribution in [1.29, 1.82) is 0 Å². The number of pyridine rings is 1. The molecule has 0 aliphatic rings. The van der Waals surface area contributed by atoms with Gasteiger partial charge in [-0.2, -0.15) is 0 Å². The smallest absolute Gasteiger partial charge is 0.253 e. The summed E-state index contributed by atoms with van der Waals surface area (Å²) in [5.74, 6) is -0.653. The van der Waals surface area contributed by atoms with Crippen LogP contribution in [0.3, 0.4) is 0 Å². The van der Waals surface area contributed by atoms with E-state index in [-0.39, 0.29) is 11.8 Å². The molecule has 3 rings (SSSR count). The molecule has 1 atom stereocenters. The molecule has 2 amide bonds. The number of benzene rings is 1. The van der Waals surface area contributed by atoms with Crippen LogP contribution in [0.15, 0.2) is 66.4 Å². The fraction of sp³-hybridized carbons (Fsp3) is 0.111. The molecule has 0 saturated heterocycles. The van der Waals surface area contributed by atoms with Gasteiger partial charge in [-0.1, -0.05) is 30.3 Å². The van der Waals surface area contributed by atoms with Gasteiger partial charge < -0.3 is 10.6 Å². The molecule has 0 saturated carbocycles. The summed E-state index contributed by atoms with van der Waals surface area (Å²) in [7, 11) is 0. The van der Waals surface area contributed by atoms with E-state index in [2.05, 4.69) is 20.6 Å². The molecular formula is C18H16N4O2S. The molecule has 2 aromatic heterocycles. The third-order valence-electron chi connectivity index (χ3n) is 3.49. The molecule has 25 heavy (non-hydrogen) atoms. The Morgan fingerprint density at radius 3 is 2.60 bits per heavy atom. The van der Waals surface area contributed by atoms with Crippen molar-refractivity contribution in [1.82, 2.24) is 15.3 Å². The lowest BCUT2D eigenvalue weighted by atomic mass is 10.0.